The van der Waals surface area contributed by atoms with Gasteiger partial charge in [0, 0.05) is 25.8 Å². The van der Waals surface area contributed by atoms with Crippen LogP contribution in [-0.4, -0.2) is 88.9 Å². The number of hydrogen-bond acceptors (Lipinski definition) is 10. The molecule has 2 amide bonds. The first-order valence-electron chi connectivity index (χ1n) is 14.6. The van der Waals surface area contributed by atoms with E-state index in [0.29, 0.717) is 17.8 Å². The molecule has 4 atom stereocenters. The molecular weight excluding hydrogens is 592 g/mol. The average molecular weight is 625 g/mol. The zero-order valence-corrected chi connectivity index (χ0v) is 23.8. The summed E-state index contributed by atoms with van der Waals surface area (Å²) in [7, 11) is 0. The average Bonchev–Trinajstić information content (AvgIpc) is 3.61. The molecule has 1 aliphatic carbocycles. The van der Waals surface area contributed by atoms with Crippen LogP contribution < -0.4 is 5.32 Å². The van der Waals surface area contributed by atoms with Crippen LogP contribution in [0.2, 0.25) is 0 Å². The van der Waals surface area contributed by atoms with Crippen molar-refractivity contribution in [2.24, 2.45) is 5.92 Å². The molecule has 0 radical (unpaired) electrons. The Morgan fingerprint density at radius 3 is 2.50 bits per heavy atom. The molecule has 0 bridgehead atoms. The molecule has 2 unspecified atom stereocenters. The number of carbonyl (C=O) groups excluding carboxylic acids is 2. The van der Waals surface area contributed by atoms with E-state index < -0.39 is 61.0 Å². The van der Waals surface area contributed by atoms with E-state index in [4.69, 9.17) is 4.74 Å². The number of ether oxygens (including phenoxy) is 1. The highest BCUT2D eigenvalue weighted by Crippen LogP contribution is 2.41. The summed E-state index contributed by atoms with van der Waals surface area (Å²) in [4.78, 5) is 37.1. The first kappa shape index (κ1) is 30.3. The van der Waals surface area contributed by atoms with E-state index >= 15 is 0 Å². The van der Waals surface area contributed by atoms with Crippen LogP contribution in [0.15, 0.2) is 17.0 Å². The van der Waals surface area contributed by atoms with Crippen LogP contribution >= 0.6 is 0 Å². The number of hydrogen-bond donors (Lipinski definition) is 2. The van der Waals surface area contributed by atoms with Gasteiger partial charge in [0.05, 0.1) is 42.0 Å². The molecule has 0 aromatic carbocycles. The number of carbonyl (C=O) groups is 2. The first-order valence-corrected chi connectivity index (χ1v) is 14.6. The van der Waals surface area contributed by atoms with Gasteiger partial charge in [-0.3, -0.25) is 9.59 Å². The van der Waals surface area contributed by atoms with E-state index in [-0.39, 0.29) is 68.2 Å². The molecule has 2 saturated heterocycles. The molecular formula is C27H32F4N8O5. The predicted molar refractivity (Wildman–Crippen MR) is 141 cm³/mol. The highest BCUT2D eigenvalue weighted by molar-refractivity contribution is 5.93. The smallest absolute Gasteiger partial charge is 0.276 e. The lowest BCUT2D eigenvalue weighted by atomic mass is 9.81. The molecule has 13 nitrogen and oxygen atoms in total. The van der Waals surface area contributed by atoms with Crippen molar-refractivity contribution < 1.29 is 41.6 Å². The molecule has 44 heavy (non-hydrogen) atoms. The van der Waals surface area contributed by atoms with Crippen LogP contribution in [0.25, 0.3) is 5.78 Å². The highest BCUT2D eigenvalue weighted by atomic mass is 19.3. The van der Waals surface area contributed by atoms with E-state index in [0.717, 1.165) is 0 Å². The fourth-order valence-electron chi connectivity index (χ4n) is 6.18. The van der Waals surface area contributed by atoms with Gasteiger partial charge < -0.3 is 20.1 Å². The van der Waals surface area contributed by atoms with E-state index in [2.05, 4.69) is 35.3 Å². The van der Waals surface area contributed by atoms with Gasteiger partial charge in [0.15, 0.2) is 5.69 Å². The van der Waals surface area contributed by atoms with Crippen LogP contribution in [0.5, 0.6) is 0 Å². The molecule has 6 rings (SSSR count). The summed E-state index contributed by atoms with van der Waals surface area (Å²) < 4.78 is 66.4. The van der Waals surface area contributed by atoms with Gasteiger partial charge in [0.1, 0.15) is 18.4 Å². The van der Waals surface area contributed by atoms with Crippen molar-refractivity contribution in [3.05, 3.63) is 35.2 Å². The maximum absolute atomic E-state index is 14.0. The number of nitrogens with one attached hydrogen (secondary N) is 1. The maximum atomic E-state index is 14.0. The second-order valence-corrected chi connectivity index (χ2v) is 11.9. The largest absolute Gasteiger partial charge is 0.393 e. The van der Waals surface area contributed by atoms with Crippen molar-refractivity contribution in [2.45, 2.75) is 94.4 Å². The molecule has 3 aromatic heterocycles. The molecule has 1 saturated carbocycles. The number of imidazole rings is 1. The summed E-state index contributed by atoms with van der Waals surface area (Å²) in [5, 5.41) is 24.9. The SMILES string of the molecule is Cc1nonc1C(=O)N[C@H](c1cn2ncc(C3CC(O)CCN3C(=O)[C@@H]3CCC(F)(F)CO3)nc2n1)C1CCC(F)(F)CC1. The number of fused-ring (bicyclic) bond motifs is 1. The van der Waals surface area contributed by atoms with Crippen LogP contribution in [0.1, 0.15) is 91.0 Å². The van der Waals surface area contributed by atoms with Gasteiger partial charge in [-0.1, -0.05) is 5.16 Å². The lowest BCUT2D eigenvalue weighted by molar-refractivity contribution is -0.174. The third kappa shape index (κ3) is 6.24. The summed E-state index contributed by atoms with van der Waals surface area (Å²) in [6, 6.07) is -1.49. The number of aliphatic hydroxyl groups excluding tert-OH is 1. The van der Waals surface area contributed by atoms with Crippen molar-refractivity contribution in [1.82, 2.24) is 40.1 Å². The Labute approximate surface area is 248 Å². The van der Waals surface area contributed by atoms with Crippen molar-refractivity contribution in [3.8, 4) is 0 Å². The number of halogens is 4. The molecule has 2 aliphatic heterocycles. The van der Waals surface area contributed by atoms with Gasteiger partial charge in [-0.05, 0) is 50.1 Å². The zero-order valence-electron chi connectivity index (χ0n) is 23.8. The molecule has 2 N–H and O–H groups in total. The normalized spacial score (nSPS) is 26.4. The summed E-state index contributed by atoms with van der Waals surface area (Å²) in [5.74, 6) is -7.07. The lowest BCUT2D eigenvalue weighted by Crippen LogP contribution is -2.50. The van der Waals surface area contributed by atoms with E-state index in [9.17, 15) is 32.3 Å². The van der Waals surface area contributed by atoms with Crippen LogP contribution in [0, 0.1) is 12.8 Å². The second-order valence-electron chi connectivity index (χ2n) is 11.9. The van der Waals surface area contributed by atoms with Gasteiger partial charge in [-0.2, -0.15) is 5.10 Å². The molecule has 238 valence electrons. The number of alkyl halides is 4. The standard InChI is InChI=1S/C27H32F4N8O5/c1-14-21(37-44-36-14)23(41)35-22(15-2-6-26(28,29)7-3-15)18-12-39-25(34-18)33-17(11-32-39)19-10-16(40)5-9-38(19)24(42)20-4-8-27(30,31)13-43-20/h11-12,15-16,19-20,22,40H,2-10,13H2,1H3,(H,35,41)/t16?,19?,20-,22-/m0/s1. The zero-order chi connectivity index (χ0) is 31.2. The number of rotatable bonds is 6. The number of aliphatic hydroxyl groups is 1. The molecule has 0 spiro atoms. The first-order chi connectivity index (χ1) is 20.9. The molecule has 3 fully saturated rings. The van der Waals surface area contributed by atoms with Gasteiger partial charge >= 0.3 is 0 Å². The fourth-order valence-corrected chi connectivity index (χ4v) is 6.18. The minimum Gasteiger partial charge on any atom is -0.393 e. The number of likely N-dealkylation sites (tertiary alicyclic amines) is 1. The molecule has 3 aliphatic rings. The third-order valence-electron chi connectivity index (χ3n) is 8.68. The highest BCUT2D eigenvalue weighted by Gasteiger charge is 2.43. The maximum Gasteiger partial charge on any atom is 0.276 e. The van der Waals surface area contributed by atoms with E-state index in [1.807, 2.05) is 0 Å². The minimum atomic E-state index is -2.98. The van der Waals surface area contributed by atoms with Crippen molar-refractivity contribution >= 4 is 17.6 Å². The predicted octanol–water partition coefficient (Wildman–Crippen LogP) is 2.95. The van der Waals surface area contributed by atoms with Crippen LogP contribution in [-0.2, 0) is 9.53 Å². The van der Waals surface area contributed by atoms with E-state index in [1.165, 1.54) is 15.6 Å². The Kier molecular flexibility index (Phi) is 8.02. The third-order valence-corrected chi connectivity index (χ3v) is 8.68. The quantitative estimate of drug-likeness (QED) is 0.390. The molecule has 3 aromatic rings. The van der Waals surface area contributed by atoms with Gasteiger partial charge in [0.25, 0.3) is 23.5 Å². The van der Waals surface area contributed by atoms with Gasteiger partial charge in [-0.25, -0.2) is 36.7 Å². The topological polar surface area (TPSA) is 161 Å². The van der Waals surface area contributed by atoms with Gasteiger partial charge in [-0.15, -0.1) is 0 Å². The Hall–Kier alpha value is -3.73. The summed E-state index contributed by atoms with van der Waals surface area (Å²) in [5.41, 5.74) is 0.892. The lowest BCUT2D eigenvalue weighted by Gasteiger charge is -2.40. The fraction of sp³-hybridized carbons (Fsp3) is 0.667. The Morgan fingerprint density at radius 2 is 1.82 bits per heavy atom. The Bertz CT molecular complexity index is 1510. The number of aromatic nitrogens is 6. The van der Waals surface area contributed by atoms with E-state index in [1.54, 1.807) is 13.1 Å². The number of piperidine rings is 1. The number of nitrogens with zero attached hydrogens (tertiary/aromatic N) is 7. The summed E-state index contributed by atoms with van der Waals surface area (Å²) >= 11 is 0. The number of amides is 2. The summed E-state index contributed by atoms with van der Waals surface area (Å²) in [6.07, 6.45) is 0.682. The van der Waals surface area contributed by atoms with Crippen LogP contribution in [0.4, 0.5) is 17.6 Å². The van der Waals surface area contributed by atoms with Crippen LogP contribution in [0.3, 0.4) is 0 Å². The Morgan fingerprint density at radius 1 is 1.07 bits per heavy atom. The molecule has 17 heteroatoms. The monoisotopic (exact) mass is 624 g/mol. The van der Waals surface area contributed by atoms with Gasteiger partial charge in [0.2, 0.25) is 5.92 Å². The minimum absolute atomic E-state index is 0.0373. The Balaban J connectivity index is 1.27. The van der Waals surface area contributed by atoms with Crippen molar-refractivity contribution in [3.63, 3.8) is 0 Å². The van der Waals surface area contributed by atoms with Crippen molar-refractivity contribution in [2.75, 3.05) is 13.2 Å². The summed E-state index contributed by atoms with van der Waals surface area (Å²) in [6.45, 7) is 0.883. The second kappa shape index (κ2) is 11.6. The molecule has 5 heterocycles. The number of aryl methyl sites for hydroxylation is 1. The van der Waals surface area contributed by atoms with Crippen molar-refractivity contribution in [1.29, 1.82) is 0 Å².